The van der Waals surface area contributed by atoms with Gasteiger partial charge in [-0.05, 0) is 31.1 Å². The molecule has 98 valence electrons. The quantitative estimate of drug-likeness (QED) is 0.696. The Morgan fingerprint density at radius 3 is 2.76 bits per heavy atom. The third-order valence-corrected chi connectivity index (χ3v) is 5.14. The number of likely N-dealkylation sites (tertiary alicyclic amines) is 1. The van der Waals surface area contributed by atoms with Gasteiger partial charge >= 0.3 is 0 Å². The second-order valence-electron chi connectivity index (χ2n) is 5.87. The van der Waals surface area contributed by atoms with Gasteiger partial charge < -0.3 is 4.90 Å². The Kier molecular flexibility index (Phi) is 4.35. The molecule has 0 aromatic heterocycles. The van der Waals surface area contributed by atoms with Gasteiger partial charge in [0.25, 0.3) is 0 Å². The summed E-state index contributed by atoms with van der Waals surface area (Å²) in [4.78, 5) is 14.5. The fourth-order valence-electron chi connectivity index (χ4n) is 3.54. The Hall–Kier alpha value is -0.240. The summed E-state index contributed by atoms with van der Waals surface area (Å²) in [6, 6.07) is 0.505. The van der Waals surface area contributed by atoms with Gasteiger partial charge in [-0.15, -0.1) is 11.6 Å². The fraction of sp³-hybridized carbons (Fsp3) is 0.929. The molecule has 17 heavy (non-hydrogen) atoms. The van der Waals surface area contributed by atoms with Gasteiger partial charge in [-0.25, -0.2) is 0 Å². The summed E-state index contributed by atoms with van der Waals surface area (Å²) >= 11 is 5.82. The van der Waals surface area contributed by atoms with Gasteiger partial charge in [0.2, 0.25) is 5.91 Å². The van der Waals surface area contributed by atoms with Crippen LogP contribution in [0.2, 0.25) is 0 Å². The molecule has 4 atom stereocenters. The summed E-state index contributed by atoms with van der Waals surface area (Å²) in [7, 11) is 0. The van der Waals surface area contributed by atoms with Gasteiger partial charge in [0.15, 0.2) is 0 Å². The minimum Gasteiger partial charge on any atom is -0.339 e. The molecule has 1 aliphatic heterocycles. The second-order valence-corrected chi connectivity index (χ2v) is 6.18. The van der Waals surface area contributed by atoms with Gasteiger partial charge in [-0.2, -0.15) is 0 Å². The van der Waals surface area contributed by atoms with Gasteiger partial charge in [0, 0.05) is 24.4 Å². The minimum atomic E-state index is -0.0207. The molecular formula is C14H24ClNO. The van der Waals surface area contributed by atoms with E-state index in [1.807, 2.05) is 6.92 Å². The van der Waals surface area contributed by atoms with E-state index in [1.54, 1.807) is 0 Å². The molecule has 1 aliphatic carbocycles. The van der Waals surface area contributed by atoms with E-state index in [9.17, 15) is 4.79 Å². The lowest BCUT2D eigenvalue weighted by molar-refractivity contribution is -0.142. The summed E-state index contributed by atoms with van der Waals surface area (Å²) in [5.74, 6) is 2.23. The Morgan fingerprint density at radius 1 is 1.35 bits per heavy atom. The largest absolute Gasteiger partial charge is 0.339 e. The van der Waals surface area contributed by atoms with E-state index >= 15 is 0 Å². The number of fused-ring (bicyclic) bond motifs is 1. The lowest BCUT2D eigenvalue weighted by atomic mass is 9.72. The maximum atomic E-state index is 12.3. The zero-order chi connectivity index (χ0) is 12.4. The summed E-state index contributed by atoms with van der Waals surface area (Å²) in [5.41, 5.74) is 0. The molecule has 0 aromatic rings. The number of rotatable bonds is 2. The fourth-order valence-corrected chi connectivity index (χ4v) is 3.67. The van der Waals surface area contributed by atoms with E-state index in [0.717, 1.165) is 18.4 Å². The third kappa shape index (κ3) is 2.62. The van der Waals surface area contributed by atoms with Gasteiger partial charge in [-0.1, -0.05) is 26.7 Å². The molecule has 1 saturated carbocycles. The third-order valence-electron chi connectivity index (χ3n) is 4.67. The van der Waals surface area contributed by atoms with Crippen molar-refractivity contribution in [2.24, 2.45) is 17.8 Å². The SMILES string of the molecule is CC(CCl)C(=O)N1CCC(C)C2CCCCC21. The van der Waals surface area contributed by atoms with Crippen LogP contribution in [0.15, 0.2) is 0 Å². The highest BCUT2D eigenvalue weighted by molar-refractivity contribution is 6.19. The van der Waals surface area contributed by atoms with E-state index in [0.29, 0.717) is 11.9 Å². The van der Waals surface area contributed by atoms with Crippen molar-refractivity contribution in [3.8, 4) is 0 Å². The highest BCUT2D eigenvalue weighted by Crippen LogP contribution is 2.39. The Morgan fingerprint density at radius 2 is 2.06 bits per heavy atom. The molecule has 2 fully saturated rings. The van der Waals surface area contributed by atoms with Crippen LogP contribution in [0, 0.1) is 17.8 Å². The molecule has 2 nitrogen and oxygen atoms in total. The normalized spacial score (nSPS) is 35.2. The van der Waals surface area contributed by atoms with Crippen LogP contribution in [0.5, 0.6) is 0 Å². The van der Waals surface area contributed by atoms with Crippen LogP contribution in [0.25, 0.3) is 0 Å². The number of alkyl halides is 1. The van der Waals surface area contributed by atoms with Crippen molar-refractivity contribution in [1.29, 1.82) is 0 Å². The van der Waals surface area contributed by atoms with Crippen molar-refractivity contribution in [1.82, 2.24) is 4.90 Å². The number of hydrogen-bond acceptors (Lipinski definition) is 1. The first kappa shape index (κ1) is 13.2. The number of carbonyl (C=O) groups is 1. The van der Waals surface area contributed by atoms with Crippen molar-refractivity contribution in [3.63, 3.8) is 0 Å². The molecule has 0 N–H and O–H groups in total. The first-order valence-corrected chi connectivity index (χ1v) is 7.55. The van der Waals surface area contributed by atoms with Gasteiger partial charge in [0.1, 0.15) is 0 Å². The topological polar surface area (TPSA) is 20.3 Å². The van der Waals surface area contributed by atoms with E-state index in [4.69, 9.17) is 11.6 Å². The summed E-state index contributed by atoms with van der Waals surface area (Å²) < 4.78 is 0. The van der Waals surface area contributed by atoms with Crippen molar-refractivity contribution in [3.05, 3.63) is 0 Å². The molecule has 1 saturated heterocycles. The molecule has 0 radical (unpaired) electrons. The van der Waals surface area contributed by atoms with Gasteiger partial charge in [-0.3, -0.25) is 4.79 Å². The predicted molar refractivity (Wildman–Crippen MR) is 71.1 cm³/mol. The zero-order valence-corrected chi connectivity index (χ0v) is 11.7. The summed E-state index contributed by atoms with van der Waals surface area (Å²) in [5, 5.41) is 0. The van der Waals surface area contributed by atoms with Crippen LogP contribution in [0.3, 0.4) is 0 Å². The molecule has 2 rings (SSSR count). The van der Waals surface area contributed by atoms with Gasteiger partial charge in [0.05, 0.1) is 0 Å². The average Bonchev–Trinajstić information content (AvgIpc) is 2.38. The lowest BCUT2D eigenvalue weighted by Crippen LogP contribution is -2.53. The number of amides is 1. The Bertz CT molecular complexity index is 281. The predicted octanol–water partition coefficient (Wildman–Crippen LogP) is 3.29. The maximum Gasteiger partial charge on any atom is 0.226 e. The smallest absolute Gasteiger partial charge is 0.226 e. The first-order chi connectivity index (χ1) is 8.15. The van der Waals surface area contributed by atoms with Crippen LogP contribution in [-0.4, -0.2) is 29.3 Å². The standard InChI is InChI=1S/C14H24ClNO/c1-10-7-8-16(14(17)11(2)9-15)13-6-4-3-5-12(10)13/h10-13H,3-9H2,1-2H3. The van der Waals surface area contributed by atoms with Crippen molar-refractivity contribution in [2.45, 2.75) is 52.0 Å². The Labute approximate surface area is 110 Å². The van der Waals surface area contributed by atoms with Crippen LogP contribution in [-0.2, 0) is 4.79 Å². The summed E-state index contributed by atoms with van der Waals surface area (Å²) in [6.07, 6.45) is 6.31. The van der Waals surface area contributed by atoms with E-state index in [2.05, 4.69) is 11.8 Å². The zero-order valence-electron chi connectivity index (χ0n) is 11.0. The molecule has 1 heterocycles. The number of nitrogens with zero attached hydrogens (tertiary/aromatic N) is 1. The average molecular weight is 258 g/mol. The van der Waals surface area contributed by atoms with Crippen LogP contribution in [0.1, 0.15) is 46.0 Å². The first-order valence-electron chi connectivity index (χ1n) is 7.01. The molecule has 1 amide bonds. The molecular weight excluding hydrogens is 234 g/mol. The monoisotopic (exact) mass is 257 g/mol. The van der Waals surface area contributed by atoms with E-state index < -0.39 is 0 Å². The molecule has 0 bridgehead atoms. The Balaban J connectivity index is 2.09. The summed E-state index contributed by atoms with van der Waals surface area (Å²) in [6.45, 7) is 5.25. The van der Waals surface area contributed by atoms with E-state index in [-0.39, 0.29) is 11.8 Å². The molecule has 2 aliphatic rings. The van der Waals surface area contributed by atoms with Crippen LogP contribution < -0.4 is 0 Å². The number of piperidine rings is 1. The second kappa shape index (κ2) is 5.60. The highest BCUT2D eigenvalue weighted by Gasteiger charge is 2.40. The van der Waals surface area contributed by atoms with E-state index in [1.165, 1.54) is 32.1 Å². The van der Waals surface area contributed by atoms with Crippen LogP contribution in [0.4, 0.5) is 0 Å². The molecule has 4 unspecified atom stereocenters. The van der Waals surface area contributed by atoms with Crippen molar-refractivity contribution < 1.29 is 4.79 Å². The molecule has 3 heteroatoms. The number of halogens is 1. The number of hydrogen-bond donors (Lipinski definition) is 0. The van der Waals surface area contributed by atoms with Crippen LogP contribution >= 0.6 is 11.6 Å². The number of carbonyl (C=O) groups excluding carboxylic acids is 1. The van der Waals surface area contributed by atoms with Crippen molar-refractivity contribution >= 4 is 17.5 Å². The highest BCUT2D eigenvalue weighted by atomic mass is 35.5. The lowest BCUT2D eigenvalue weighted by Gasteiger charge is -2.48. The molecule has 0 spiro atoms. The van der Waals surface area contributed by atoms with Crippen molar-refractivity contribution in [2.75, 3.05) is 12.4 Å². The minimum absolute atomic E-state index is 0.0207. The maximum absolute atomic E-state index is 12.3. The molecule has 0 aromatic carbocycles.